The maximum Gasteiger partial charge on any atom is 0.376 e. The molecule has 2 aliphatic heterocycles. The molecular formula is C24H24N4O4. The number of likely N-dealkylation sites (tertiary alicyclic amines) is 1. The first kappa shape index (κ1) is 21.5. The Kier molecular flexibility index (Phi) is 6.42. The van der Waals surface area contributed by atoms with Gasteiger partial charge in [0.25, 0.3) is 11.8 Å². The number of nitrogens with one attached hydrogen (secondary N) is 1. The number of rotatable bonds is 4. The average Bonchev–Trinajstić information content (AvgIpc) is 3.19. The average molecular weight is 432 g/mol. The third kappa shape index (κ3) is 4.76. The van der Waals surface area contributed by atoms with Crippen LogP contribution < -0.4 is 10.6 Å². The van der Waals surface area contributed by atoms with Gasteiger partial charge in [0, 0.05) is 24.7 Å². The predicted molar refractivity (Wildman–Crippen MR) is 119 cm³/mol. The number of amides is 2. The lowest BCUT2D eigenvalue weighted by molar-refractivity contribution is -0.140. The number of anilines is 1. The monoisotopic (exact) mass is 432 g/mol. The van der Waals surface area contributed by atoms with Crippen LogP contribution in [0.4, 0.5) is 5.69 Å². The molecule has 1 N–H and O–H groups in total. The van der Waals surface area contributed by atoms with Gasteiger partial charge in [-0.25, -0.2) is 14.8 Å². The van der Waals surface area contributed by atoms with Crippen LogP contribution in [0.15, 0.2) is 77.4 Å². The fourth-order valence-electron chi connectivity index (χ4n) is 3.57. The second-order valence-electron chi connectivity index (χ2n) is 7.82. The van der Waals surface area contributed by atoms with E-state index in [0.717, 1.165) is 12.8 Å². The van der Waals surface area contributed by atoms with Crippen molar-refractivity contribution in [3.8, 4) is 0 Å². The molecule has 4 rings (SSSR count). The van der Waals surface area contributed by atoms with E-state index >= 15 is 0 Å². The number of nitrogens with zero attached hydrogens (tertiary/aromatic N) is 3. The molecule has 0 aliphatic carbocycles. The molecular weight excluding hydrogens is 408 g/mol. The van der Waals surface area contributed by atoms with Gasteiger partial charge >= 0.3 is 5.97 Å². The van der Waals surface area contributed by atoms with E-state index in [0.29, 0.717) is 30.3 Å². The molecule has 0 aromatic heterocycles. The van der Waals surface area contributed by atoms with Gasteiger partial charge in [-0.2, -0.15) is 0 Å². The topological polar surface area (TPSA) is 91.3 Å². The van der Waals surface area contributed by atoms with E-state index in [1.54, 1.807) is 47.4 Å². The van der Waals surface area contributed by atoms with E-state index < -0.39 is 11.9 Å². The van der Waals surface area contributed by atoms with E-state index in [9.17, 15) is 14.4 Å². The molecule has 2 aromatic carbocycles. The molecule has 8 heteroatoms. The first-order chi connectivity index (χ1) is 15.5. The molecule has 2 aliphatic rings. The van der Waals surface area contributed by atoms with Gasteiger partial charge in [0.1, 0.15) is 5.71 Å². The maximum absolute atomic E-state index is 13.3. The predicted octanol–water partition coefficient (Wildman–Crippen LogP) is 2.89. The summed E-state index contributed by atoms with van der Waals surface area (Å²) < 4.78 is 0. The second-order valence-corrected chi connectivity index (χ2v) is 7.82. The summed E-state index contributed by atoms with van der Waals surface area (Å²) in [5, 5.41) is 1.41. The molecule has 8 nitrogen and oxygen atoms in total. The fraction of sp³-hybridized carbons (Fsp3) is 0.250. The summed E-state index contributed by atoms with van der Waals surface area (Å²) in [4.78, 5) is 49.3. The highest BCUT2D eigenvalue weighted by Gasteiger charge is 2.32. The Bertz CT molecular complexity index is 1060. The first-order valence-corrected chi connectivity index (χ1v) is 10.5. The zero-order valence-corrected chi connectivity index (χ0v) is 17.7. The van der Waals surface area contributed by atoms with Crippen molar-refractivity contribution < 1.29 is 19.2 Å². The van der Waals surface area contributed by atoms with E-state index in [1.165, 1.54) is 11.1 Å². The fourth-order valence-corrected chi connectivity index (χ4v) is 3.57. The van der Waals surface area contributed by atoms with Crippen molar-refractivity contribution in [1.29, 1.82) is 0 Å². The highest BCUT2D eigenvalue weighted by atomic mass is 16.7. The van der Waals surface area contributed by atoms with Crippen molar-refractivity contribution in [2.24, 2.45) is 10.9 Å². The summed E-state index contributed by atoms with van der Waals surface area (Å²) in [6, 6.07) is 17.5. The molecule has 2 amide bonds. The molecule has 164 valence electrons. The minimum Gasteiger partial charge on any atom is -0.345 e. The van der Waals surface area contributed by atoms with Crippen LogP contribution in [0, 0.1) is 5.92 Å². The van der Waals surface area contributed by atoms with Crippen LogP contribution in [0.1, 0.15) is 30.1 Å². The van der Waals surface area contributed by atoms with Gasteiger partial charge in [0.05, 0.1) is 5.69 Å². The van der Waals surface area contributed by atoms with E-state index in [4.69, 9.17) is 4.84 Å². The molecule has 0 radical (unpaired) electrons. The largest absolute Gasteiger partial charge is 0.376 e. The molecule has 2 heterocycles. The molecule has 0 saturated carbocycles. The van der Waals surface area contributed by atoms with Crippen LogP contribution in [-0.4, -0.2) is 41.5 Å². The van der Waals surface area contributed by atoms with Crippen molar-refractivity contribution in [2.45, 2.75) is 19.8 Å². The van der Waals surface area contributed by atoms with Gasteiger partial charge in [-0.05, 0) is 43.0 Å². The highest BCUT2D eigenvalue weighted by molar-refractivity contribution is 6.45. The third-order valence-electron chi connectivity index (χ3n) is 5.50. The lowest BCUT2D eigenvalue weighted by Gasteiger charge is -2.30. The van der Waals surface area contributed by atoms with Crippen molar-refractivity contribution in [1.82, 2.24) is 10.5 Å². The number of piperidine rings is 1. The number of hydrogen-bond donors (Lipinski definition) is 1. The molecule has 0 bridgehead atoms. The van der Waals surface area contributed by atoms with Gasteiger partial charge in [-0.3, -0.25) is 9.59 Å². The number of benzene rings is 2. The minimum absolute atomic E-state index is 0.0644. The molecule has 32 heavy (non-hydrogen) atoms. The number of para-hydroxylation sites is 1. The lowest BCUT2D eigenvalue weighted by atomic mass is 9.99. The lowest BCUT2D eigenvalue weighted by Crippen LogP contribution is -2.42. The van der Waals surface area contributed by atoms with Crippen LogP contribution in [0.2, 0.25) is 0 Å². The number of carbonyl (C=O) groups excluding carboxylic acids is 3. The Morgan fingerprint density at radius 3 is 2.31 bits per heavy atom. The SMILES string of the molecule is CC1CCN(C(=O)C(/C=C2\C(=O)ONN2c2ccccc2)=NC(=O)c2ccccc2)CC1. The molecule has 2 fully saturated rings. The quantitative estimate of drug-likeness (QED) is 0.590. The molecule has 0 atom stereocenters. The Morgan fingerprint density at radius 1 is 1.03 bits per heavy atom. The van der Waals surface area contributed by atoms with Gasteiger partial charge in [-0.15, -0.1) is 0 Å². The van der Waals surface area contributed by atoms with Crippen molar-refractivity contribution >= 4 is 29.2 Å². The summed E-state index contributed by atoms with van der Waals surface area (Å²) in [6.45, 7) is 3.30. The van der Waals surface area contributed by atoms with Crippen LogP contribution in [0.3, 0.4) is 0 Å². The van der Waals surface area contributed by atoms with Crippen LogP contribution >= 0.6 is 0 Å². The standard InChI is InChI=1S/C24H24N4O4/c1-17-12-14-27(15-13-17)23(30)20(25-22(29)18-8-4-2-5-9-18)16-21-24(31)32-26-28(21)19-10-6-3-7-11-19/h2-11,16-17,26H,12-15H2,1H3/b21-16+,25-20?. The van der Waals surface area contributed by atoms with Gasteiger partial charge in [0.2, 0.25) is 0 Å². The van der Waals surface area contributed by atoms with Gasteiger partial charge < -0.3 is 9.74 Å². The summed E-state index contributed by atoms with van der Waals surface area (Å²) >= 11 is 0. The Hall–Kier alpha value is -3.78. The van der Waals surface area contributed by atoms with Crippen molar-refractivity contribution in [3.63, 3.8) is 0 Å². The molecule has 2 aromatic rings. The Labute approximate surface area is 186 Å². The van der Waals surface area contributed by atoms with Gasteiger partial charge in [0.15, 0.2) is 5.70 Å². The third-order valence-corrected chi connectivity index (χ3v) is 5.50. The number of carbonyl (C=O) groups is 3. The van der Waals surface area contributed by atoms with E-state index in [1.807, 2.05) is 18.2 Å². The normalized spacial score (nSPS) is 18.7. The Balaban J connectivity index is 1.71. The van der Waals surface area contributed by atoms with Crippen LogP contribution in [0.5, 0.6) is 0 Å². The van der Waals surface area contributed by atoms with Crippen molar-refractivity contribution in [3.05, 3.63) is 78.0 Å². The number of hydrazine groups is 1. The number of aliphatic imine (C=N–C) groups is 1. The maximum atomic E-state index is 13.3. The summed E-state index contributed by atoms with van der Waals surface area (Å²) in [5.41, 5.74) is 3.49. The van der Waals surface area contributed by atoms with Crippen LogP contribution in [0.25, 0.3) is 0 Å². The smallest absolute Gasteiger partial charge is 0.345 e. The van der Waals surface area contributed by atoms with Gasteiger partial charge in [-0.1, -0.05) is 48.9 Å². The summed E-state index contributed by atoms with van der Waals surface area (Å²) in [7, 11) is 0. The molecule has 0 spiro atoms. The Morgan fingerprint density at radius 2 is 1.66 bits per heavy atom. The van der Waals surface area contributed by atoms with E-state index in [-0.39, 0.29) is 17.3 Å². The first-order valence-electron chi connectivity index (χ1n) is 10.5. The molecule has 2 saturated heterocycles. The zero-order valence-electron chi connectivity index (χ0n) is 17.7. The second kappa shape index (κ2) is 9.57. The van der Waals surface area contributed by atoms with E-state index in [2.05, 4.69) is 17.5 Å². The summed E-state index contributed by atoms with van der Waals surface area (Å²) in [5.74, 6) is -1.08. The zero-order chi connectivity index (χ0) is 22.5. The van der Waals surface area contributed by atoms with Crippen molar-refractivity contribution in [2.75, 3.05) is 18.1 Å². The number of hydrogen-bond acceptors (Lipinski definition) is 6. The molecule has 0 unspecified atom stereocenters. The summed E-state index contributed by atoms with van der Waals surface area (Å²) in [6.07, 6.45) is 3.07. The highest BCUT2D eigenvalue weighted by Crippen LogP contribution is 2.22. The van der Waals surface area contributed by atoms with Crippen LogP contribution in [-0.2, 0) is 14.4 Å². The minimum atomic E-state index is -0.672.